The lowest BCUT2D eigenvalue weighted by Crippen LogP contribution is -2.37. The van der Waals surface area contributed by atoms with E-state index in [1.54, 1.807) is 4.31 Å². The number of rotatable bonds is 4. The number of hydrogen-bond acceptors (Lipinski definition) is 5. The molecule has 0 saturated heterocycles. The second-order valence-corrected chi connectivity index (χ2v) is 9.27. The number of hydrogen-bond donors (Lipinski definition) is 2. The van der Waals surface area contributed by atoms with Crippen LogP contribution in [0.2, 0.25) is 0 Å². The van der Waals surface area contributed by atoms with Gasteiger partial charge in [-0.2, -0.15) is 4.31 Å². The summed E-state index contributed by atoms with van der Waals surface area (Å²) in [6.07, 6.45) is 2.15. The summed E-state index contributed by atoms with van der Waals surface area (Å²) in [6, 6.07) is -0.239. The van der Waals surface area contributed by atoms with Crippen molar-refractivity contribution in [2.24, 2.45) is 0 Å². The number of carbonyl (C=O) groups is 1. The maximum absolute atomic E-state index is 12.3. The molecule has 1 aliphatic carbocycles. The maximum Gasteiger partial charge on any atom is 0.321 e. The van der Waals surface area contributed by atoms with Crippen LogP contribution in [0.25, 0.3) is 0 Å². The van der Waals surface area contributed by atoms with Crippen molar-refractivity contribution >= 4 is 32.5 Å². The fraction of sp³-hybridized carbons (Fsp3) is 0.692. The molecule has 0 bridgehead atoms. The van der Waals surface area contributed by atoms with Crippen molar-refractivity contribution in [2.45, 2.75) is 50.9 Å². The predicted molar refractivity (Wildman–Crippen MR) is 85.5 cm³/mol. The predicted octanol–water partition coefficient (Wildman–Crippen LogP) is 1.52. The van der Waals surface area contributed by atoms with Crippen LogP contribution in [0.4, 0.5) is 9.93 Å². The van der Waals surface area contributed by atoms with Crippen LogP contribution in [-0.2, 0) is 23.0 Å². The van der Waals surface area contributed by atoms with Gasteiger partial charge in [0.1, 0.15) is 0 Å². The third-order valence-corrected chi connectivity index (χ3v) is 6.99. The SMILES string of the molecule is CC(C)NC(=O)Nc1nc2c(s1)CN(S(=O)(=O)C1CC1)CC2. The number of carbonyl (C=O) groups excluding carboxylic acids is 1. The van der Waals surface area contributed by atoms with Gasteiger partial charge in [-0.05, 0) is 26.7 Å². The average molecular weight is 344 g/mol. The van der Waals surface area contributed by atoms with Crippen LogP contribution in [0.5, 0.6) is 0 Å². The van der Waals surface area contributed by atoms with Gasteiger partial charge >= 0.3 is 6.03 Å². The summed E-state index contributed by atoms with van der Waals surface area (Å²) in [5.74, 6) is 0. The summed E-state index contributed by atoms with van der Waals surface area (Å²) >= 11 is 1.35. The van der Waals surface area contributed by atoms with E-state index in [4.69, 9.17) is 0 Å². The average Bonchev–Trinajstić information content (AvgIpc) is 3.19. The van der Waals surface area contributed by atoms with Crippen LogP contribution in [0, 0.1) is 0 Å². The van der Waals surface area contributed by atoms with Gasteiger partial charge in [-0.25, -0.2) is 18.2 Å². The van der Waals surface area contributed by atoms with Gasteiger partial charge in [0.05, 0.1) is 10.9 Å². The number of fused-ring (bicyclic) bond motifs is 1. The minimum absolute atomic E-state index is 0.0498. The summed E-state index contributed by atoms with van der Waals surface area (Å²) in [5.41, 5.74) is 0.895. The molecule has 0 atom stereocenters. The first kappa shape index (κ1) is 15.7. The summed E-state index contributed by atoms with van der Waals surface area (Å²) < 4.78 is 26.1. The Morgan fingerprint density at radius 3 is 2.77 bits per heavy atom. The first-order chi connectivity index (χ1) is 10.4. The van der Waals surface area contributed by atoms with Crippen molar-refractivity contribution in [3.8, 4) is 0 Å². The molecule has 1 saturated carbocycles. The quantitative estimate of drug-likeness (QED) is 0.866. The highest BCUT2D eigenvalue weighted by Gasteiger charge is 2.41. The number of thiazole rings is 1. The minimum atomic E-state index is -3.15. The Labute approximate surface area is 134 Å². The highest BCUT2D eigenvalue weighted by molar-refractivity contribution is 7.90. The monoisotopic (exact) mass is 344 g/mol. The highest BCUT2D eigenvalue weighted by Crippen LogP contribution is 2.35. The number of amides is 2. The van der Waals surface area contributed by atoms with E-state index in [2.05, 4.69) is 15.6 Å². The minimum Gasteiger partial charge on any atom is -0.336 e. The molecule has 2 heterocycles. The zero-order valence-corrected chi connectivity index (χ0v) is 14.3. The molecular weight excluding hydrogens is 324 g/mol. The summed E-state index contributed by atoms with van der Waals surface area (Å²) in [7, 11) is -3.15. The Morgan fingerprint density at radius 2 is 2.14 bits per heavy atom. The molecule has 3 rings (SSSR count). The molecule has 0 spiro atoms. The Kier molecular flexibility index (Phi) is 4.13. The van der Waals surface area contributed by atoms with E-state index < -0.39 is 10.0 Å². The second kappa shape index (κ2) is 5.78. The highest BCUT2D eigenvalue weighted by atomic mass is 32.2. The molecule has 2 N–H and O–H groups in total. The molecule has 1 aromatic rings. The summed E-state index contributed by atoms with van der Waals surface area (Å²) in [6.45, 7) is 4.62. The largest absolute Gasteiger partial charge is 0.336 e. The van der Waals surface area contributed by atoms with Crippen molar-refractivity contribution in [3.05, 3.63) is 10.6 Å². The Hall–Kier alpha value is -1.19. The van der Waals surface area contributed by atoms with E-state index in [9.17, 15) is 13.2 Å². The molecule has 1 aliphatic heterocycles. The molecular formula is C13H20N4O3S2. The van der Waals surface area contributed by atoms with Gasteiger partial charge in [0.15, 0.2) is 5.13 Å². The van der Waals surface area contributed by atoms with E-state index in [1.165, 1.54) is 11.3 Å². The zero-order valence-electron chi connectivity index (χ0n) is 12.6. The lowest BCUT2D eigenvalue weighted by atomic mass is 10.2. The van der Waals surface area contributed by atoms with Crippen molar-refractivity contribution in [3.63, 3.8) is 0 Å². The third kappa shape index (κ3) is 3.26. The van der Waals surface area contributed by atoms with Crippen molar-refractivity contribution in [1.29, 1.82) is 0 Å². The van der Waals surface area contributed by atoms with E-state index in [1.807, 2.05) is 13.8 Å². The molecule has 1 aromatic heterocycles. The lowest BCUT2D eigenvalue weighted by molar-refractivity contribution is 0.250. The number of aromatic nitrogens is 1. The Morgan fingerprint density at radius 1 is 1.41 bits per heavy atom. The molecule has 0 unspecified atom stereocenters. The molecule has 2 amide bonds. The van der Waals surface area contributed by atoms with Gasteiger partial charge in [0.2, 0.25) is 10.0 Å². The van der Waals surface area contributed by atoms with Crippen LogP contribution in [0.15, 0.2) is 0 Å². The fourth-order valence-electron chi connectivity index (χ4n) is 2.41. The second-order valence-electron chi connectivity index (χ2n) is 5.97. The molecule has 0 aromatic carbocycles. The number of anilines is 1. The lowest BCUT2D eigenvalue weighted by Gasteiger charge is -2.25. The number of nitrogens with zero attached hydrogens (tertiary/aromatic N) is 2. The topological polar surface area (TPSA) is 91.4 Å². The zero-order chi connectivity index (χ0) is 15.9. The van der Waals surface area contributed by atoms with Crippen molar-refractivity contribution in [2.75, 3.05) is 11.9 Å². The number of sulfonamides is 1. The van der Waals surface area contributed by atoms with Gasteiger partial charge in [-0.3, -0.25) is 5.32 Å². The normalized spacial score (nSPS) is 19.0. The van der Waals surface area contributed by atoms with Crippen LogP contribution in [0.1, 0.15) is 37.3 Å². The Bertz CT molecular complexity index is 679. The Balaban J connectivity index is 1.69. The molecule has 2 aliphatic rings. The smallest absolute Gasteiger partial charge is 0.321 e. The van der Waals surface area contributed by atoms with E-state index in [0.717, 1.165) is 23.4 Å². The molecule has 0 radical (unpaired) electrons. The van der Waals surface area contributed by atoms with Gasteiger partial charge < -0.3 is 5.32 Å². The van der Waals surface area contributed by atoms with Gasteiger partial charge in [0.25, 0.3) is 0 Å². The molecule has 1 fully saturated rings. The summed E-state index contributed by atoms with van der Waals surface area (Å²) in [5, 5.41) is 5.78. The summed E-state index contributed by atoms with van der Waals surface area (Å²) in [4.78, 5) is 17.0. The number of nitrogens with one attached hydrogen (secondary N) is 2. The first-order valence-electron chi connectivity index (χ1n) is 7.41. The van der Waals surface area contributed by atoms with Crippen molar-refractivity contribution < 1.29 is 13.2 Å². The van der Waals surface area contributed by atoms with Crippen LogP contribution >= 0.6 is 11.3 Å². The van der Waals surface area contributed by atoms with E-state index >= 15 is 0 Å². The van der Waals surface area contributed by atoms with Gasteiger partial charge in [-0.1, -0.05) is 11.3 Å². The van der Waals surface area contributed by atoms with E-state index in [-0.39, 0.29) is 17.3 Å². The molecule has 122 valence electrons. The van der Waals surface area contributed by atoms with Crippen molar-refractivity contribution in [1.82, 2.24) is 14.6 Å². The molecule has 22 heavy (non-hydrogen) atoms. The number of urea groups is 1. The fourth-order valence-corrected chi connectivity index (χ4v) is 5.32. The van der Waals surface area contributed by atoms with Crippen LogP contribution in [-0.4, -0.2) is 41.6 Å². The first-order valence-corrected chi connectivity index (χ1v) is 9.73. The maximum atomic E-state index is 12.3. The molecule has 7 nitrogen and oxygen atoms in total. The van der Waals surface area contributed by atoms with Gasteiger partial charge in [-0.15, -0.1) is 0 Å². The third-order valence-electron chi connectivity index (χ3n) is 3.64. The standard InChI is InChI=1S/C13H20N4O3S2/c1-8(2)14-12(18)16-13-15-10-5-6-17(7-11(10)21-13)22(19,20)9-3-4-9/h8-9H,3-7H2,1-2H3,(H2,14,15,16,18). The van der Waals surface area contributed by atoms with E-state index in [0.29, 0.717) is 24.6 Å². The van der Waals surface area contributed by atoms with Gasteiger partial charge in [0, 0.05) is 30.4 Å². The van der Waals surface area contributed by atoms with Crippen LogP contribution in [0.3, 0.4) is 0 Å². The molecule has 9 heteroatoms. The van der Waals surface area contributed by atoms with Crippen LogP contribution < -0.4 is 10.6 Å².